The number of aromatic nitrogens is 3. The number of unbranched alkanes of at least 4 members (excludes halogenated alkanes) is 12. The average molecular weight is 981 g/mol. The minimum Gasteiger partial charge on any atom is -0.503 e. The number of pyridine rings is 3. The molecule has 0 atom stereocenters. The molecule has 6 N–H and O–H groups in total. The minimum atomic E-state index is -0.356. The Morgan fingerprint density at radius 2 is 0.657 bits per heavy atom. The molecule has 0 aromatic carbocycles. The summed E-state index contributed by atoms with van der Waals surface area (Å²) in [6.45, 7) is 15.5. The molecular weight excluding hydrogens is 896 g/mol. The molecule has 16 heteroatoms. The molecule has 15 nitrogen and oxygen atoms in total. The Labute approximate surface area is 410 Å². The van der Waals surface area contributed by atoms with Crippen molar-refractivity contribution in [2.24, 2.45) is 0 Å². The Hall–Kier alpha value is -4.82. The molecule has 0 spiro atoms. The normalized spacial score (nSPS) is 10.5. The summed E-state index contributed by atoms with van der Waals surface area (Å²) in [6.07, 6.45) is 26.4. The number of nitrogens with one attached hydrogen (secondary N) is 3. The molecule has 0 aliphatic heterocycles. The van der Waals surface area contributed by atoms with E-state index in [0.717, 1.165) is 57.8 Å². The van der Waals surface area contributed by atoms with Gasteiger partial charge in [-0.3, -0.25) is 28.8 Å². The fourth-order valence-electron chi connectivity index (χ4n) is 7.08. The molecule has 0 aliphatic carbocycles. The van der Waals surface area contributed by atoms with Crippen LogP contribution >= 0.6 is 0 Å². The molecule has 0 saturated carbocycles. The van der Waals surface area contributed by atoms with Gasteiger partial charge in [-0.15, -0.1) is 0 Å². The van der Waals surface area contributed by atoms with Crippen molar-refractivity contribution in [1.82, 2.24) is 29.7 Å². The van der Waals surface area contributed by atoms with Crippen LogP contribution in [0.5, 0.6) is 17.2 Å². The summed E-state index contributed by atoms with van der Waals surface area (Å²) in [5, 5.41) is 37.5. The van der Waals surface area contributed by atoms with Crippen LogP contribution in [0.15, 0.2) is 51.2 Å². The molecular formula is C51H84FeN6O9. The van der Waals surface area contributed by atoms with E-state index in [4.69, 9.17) is 0 Å². The standard InChI is InChI=1S/3C17H28N2O3.Fe/c3*1-3-4-5-6-7-9-16(21)18-11-8-12-19-13-10-15(20)17(22)14(19)2;/h3*10,13,22H,3-9,11-12H2,1-2H3,(H,18,21);. The third kappa shape index (κ3) is 27.6. The molecule has 0 bridgehead atoms. The zero-order chi connectivity index (χ0) is 49.1. The van der Waals surface area contributed by atoms with Crippen molar-refractivity contribution < 1.29 is 46.8 Å². The van der Waals surface area contributed by atoms with Crippen LogP contribution < -0.4 is 32.2 Å². The van der Waals surface area contributed by atoms with Crippen molar-refractivity contribution >= 4 is 17.7 Å². The van der Waals surface area contributed by atoms with Crippen LogP contribution in [0.25, 0.3) is 0 Å². The van der Waals surface area contributed by atoms with Gasteiger partial charge in [-0.25, -0.2) is 0 Å². The monoisotopic (exact) mass is 981 g/mol. The van der Waals surface area contributed by atoms with Gasteiger partial charge in [0.25, 0.3) is 0 Å². The molecule has 3 aromatic rings. The first-order valence-electron chi connectivity index (χ1n) is 24.6. The van der Waals surface area contributed by atoms with Gasteiger partial charge in [0.1, 0.15) is 0 Å². The van der Waals surface area contributed by atoms with Crippen molar-refractivity contribution in [2.75, 3.05) is 19.6 Å². The van der Waals surface area contributed by atoms with Crippen molar-refractivity contribution in [3.8, 4) is 17.2 Å². The van der Waals surface area contributed by atoms with E-state index in [9.17, 15) is 44.1 Å². The van der Waals surface area contributed by atoms with Gasteiger partial charge in [0.15, 0.2) is 17.2 Å². The molecule has 0 unspecified atom stereocenters. The summed E-state index contributed by atoms with van der Waals surface area (Å²) < 4.78 is 5.48. The quantitative estimate of drug-likeness (QED) is 0.0280. The van der Waals surface area contributed by atoms with Crippen LogP contribution in [0.1, 0.15) is 173 Å². The zero-order valence-electron chi connectivity index (χ0n) is 41.5. The molecule has 380 valence electrons. The van der Waals surface area contributed by atoms with Gasteiger partial charge in [-0.2, -0.15) is 0 Å². The third-order valence-corrected chi connectivity index (χ3v) is 11.5. The summed E-state index contributed by atoms with van der Waals surface area (Å²) in [5.74, 6) is -0.265. The van der Waals surface area contributed by atoms with Crippen molar-refractivity contribution in [3.05, 3.63) is 84.5 Å². The average Bonchev–Trinajstić information content (AvgIpc) is 3.30. The molecule has 67 heavy (non-hydrogen) atoms. The smallest absolute Gasteiger partial charge is 0.223 e. The predicted octanol–water partition coefficient (Wildman–Crippen LogP) is 8.18. The number of amides is 3. The molecule has 0 saturated heterocycles. The Bertz CT molecular complexity index is 1800. The number of aromatic hydroxyl groups is 3. The number of aryl methyl sites for hydroxylation is 3. The fourth-order valence-corrected chi connectivity index (χ4v) is 7.08. The third-order valence-electron chi connectivity index (χ3n) is 11.5. The zero-order valence-corrected chi connectivity index (χ0v) is 42.6. The van der Waals surface area contributed by atoms with Gasteiger partial charge in [0, 0.05) is 112 Å². The van der Waals surface area contributed by atoms with E-state index in [1.807, 2.05) is 13.7 Å². The number of nitrogens with zero attached hydrogens (tertiary/aromatic N) is 3. The molecule has 3 rings (SSSR count). The summed E-state index contributed by atoms with van der Waals surface area (Å²) in [5.41, 5.74) is 0.625. The maximum atomic E-state index is 11.7. The number of rotatable bonds is 30. The maximum Gasteiger partial charge on any atom is 0.223 e. The second-order valence-corrected chi connectivity index (χ2v) is 17.0. The van der Waals surface area contributed by atoms with E-state index in [1.165, 1.54) is 76.0 Å². The van der Waals surface area contributed by atoms with Crippen molar-refractivity contribution in [3.63, 3.8) is 0 Å². The molecule has 3 aromatic heterocycles. The van der Waals surface area contributed by atoms with E-state index in [1.54, 1.807) is 39.4 Å². The Balaban J connectivity index is 0.000000968. The van der Waals surface area contributed by atoms with Gasteiger partial charge >= 0.3 is 0 Å². The Kier molecular flexibility index (Phi) is 35.4. The predicted molar refractivity (Wildman–Crippen MR) is 264 cm³/mol. The van der Waals surface area contributed by atoms with E-state index >= 15 is 0 Å². The summed E-state index contributed by atoms with van der Waals surface area (Å²) in [6, 6.07) is 4.08. The van der Waals surface area contributed by atoms with E-state index in [2.05, 4.69) is 36.7 Å². The summed E-state index contributed by atoms with van der Waals surface area (Å²) >= 11 is 0. The second kappa shape index (κ2) is 38.2. The van der Waals surface area contributed by atoms with Gasteiger partial charge in [0.2, 0.25) is 34.0 Å². The SMILES string of the molecule is CCCCCCCC(=O)NCCCn1ccc(=O)c(O)c1C.CCCCCCCC(=O)NCCCn1ccc(=O)c(O)c1C.CCCCCCCC(=O)NCCCn1ccc(=O)c(O)c1C.[Fe]. The molecule has 3 heterocycles. The van der Waals surface area contributed by atoms with E-state index < -0.39 is 0 Å². The molecule has 3 amide bonds. The minimum absolute atomic E-state index is 0. The second-order valence-electron chi connectivity index (χ2n) is 17.0. The van der Waals surface area contributed by atoms with Gasteiger partial charge in [-0.1, -0.05) is 97.8 Å². The maximum absolute atomic E-state index is 11.7. The van der Waals surface area contributed by atoms with Crippen LogP contribution in [0.2, 0.25) is 0 Å². The van der Waals surface area contributed by atoms with Gasteiger partial charge in [0.05, 0.1) is 17.1 Å². The first kappa shape index (κ1) is 62.2. The molecule has 0 fully saturated rings. The molecule has 0 radical (unpaired) electrons. The number of hydrogen-bond donors (Lipinski definition) is 6. The summed E-state index contributed by atoms with van der Waals surface area (Å²) in [4.78, 5) is 68.7. The van der Waals surface area contributed by atoms with E-state index in [-0.39, 0.29) is 68.3 Å². The van der Waals surface area contributed by atoms with Crippen LogP contribution in [0, 0.1) is 20.8 Å². The first-order chi connectivity index (χ1) is 31.7. The van der Waals surface area contributed by atoms with Crippen LogP contribution in [-0.2, 0) is 51.1 Å². The Morgan fingerprint density at radius 1 is 0.418 bits per heavy atom. The van der Waals surface area contributed by atoms with Crippen LogP contribution in [0.3, 0.4) is 0 Å². The number of carbonyl (C=O) groups is 3. The fraction of sp³-hybridized carbons (Fsp3) is 0.647. The van der Waals surface area contributed by atoms with Crippen molar-refractivity contribution in [2.45, 2.75) is 196 Å². The largest absolute Gasteiger partial charge is 0.503 e. The first-order valence-corrected chi connectivity index (χ1v) is 24.6. The van der Waals surface area contributed by atoms with Gasteiger partial charge < -0.3 is 45.0 Å². The van der Waals surface area contributed by atoms with E-state index in [0.29, 0.717) is 75.6 Å². The van der Waals surface area contributed by atoms with Gasteiger partial charge in [-0.05, 0) is 59.3 Å². The topological polar surface area (TPSA) is 214 Å². The number of hydrogen-bond acceptors (Lipinski definition) is 9. The molecule has 0 aliphatic rings. The number of carbonyl (C=O) groups excluding carboxylic acids is 3. The van der Waals surface area contributed by atoms with Crippen LogP contribution in [-0.4, -0.2) is 66.4 Å². The van der Waals surface area contributed by atoms with Crippen molar-refractivity contribution in [1.29, 1.82) is 0 Å². The Morgan fingerprint density at radius 3 is 0.896 bits per heavy atom. The summed E-state index contributed by atoms with van der Waals surface area (Å²) in [7, 11) is 0. The van der Waals surface area contributed by atoms with Crippen LogP contribution in [0.4, 0.5) is 0 Å².